The second kappa shape index (κ2) is 5.51. The van der Waals surface area contributed by atoms with E-state index in [1.807, 2.05) is 26.8 Å². The van der Waals surface area contributed by atoms with Gasteiger partial charge in [-0.25, -0.2) is 0 Å². The third-order valence-electron chi connectivity index (χ3n) is 4.13. The second-order valence-corrected chi connectivity index (χ2v) is 7.71. The van der Waals surface area contributed by atoms with Crippen LogP contribution in [0.25, 0.3) is 0 Å². The Morgan fingerprint density at radius 3 is 2.26 bits per heavy atom. The lowest BCUT2D eigenvalue weighted by atomic mass is 9.85. The molecule has 0 spiro atoms. The number of carbonyl (C=O) groups is 1. The average Bonchev–Trinajstić information content (AvgIpc) is 2.60. The van der Waals surface area contributed by atoms with Crippen molar-refractivity contribution in [2.24, 2.45) is 0 Å². The van der Waals surface area contributed by atoms with E-state index in [2.05, 4.69) is 5.43 Å². The number of hydrogen-bond acceptors (Lipinski definition) is 2. The first-order valence-corrected chi connectivity index (χ1v) is 7.58. The van der Waals surface area contributed by atoms with Crippen molar-refractivity contribution in [3.63, 3.8) is 0 Å². The van der Waals surface area contributed by atoms with Crippen molar-refractivity contribution < 1.29 is 18.0 Å². The van der Waals surface area contributed by atoms with Gasteiger partial charge in [0.1, 0.15) is 0 Å². The first-order valence-electron chi connectivity index (χ1n) is 7.58. The van der Waals surface area contributed by atoms with Crippen LogP contribution in [0.4, 0.5) is 13.2 Å². The zero-order chi connectivity index (χ0) is 17.6. The zero-order valence-corrected chi connectivity index (χ0v) is 14.1. The van der Waals surface area contributed by atoms with Gasteiger partial charge in [0.15, 0.2) is 6.04 Å². The molecule has 1 aromatic carbocycles. The van der Waals surface area contributed by atoms with E-state index in [1.165, 1.54) is 6.07 Å². The van der Waals surface area contributed by atoms with Gasteiger partial charge in [0, 0.05) is 12.0 Å². The summed E-state index contributed by atoms with van der Waals surface area (Å²) in [7, 11) is 0. The van der Waals surface area contributed by atoms with Crippen LogP contribution in [0.2, 0.25) is 0 Å². The van der Waals surface area contributed by atoms with E-state index in [-0.39, 0.29) is 17.4 Å². The molecule has 23 heavy (non-hydrogen) atoms. The smallest absolute Gasteiger partial charge is 0.287 e. The lowest BCUT2D eigenvalue weighted by Crippen LogP contribution is -2.51. The maximum atomic E-state index is 13.8. The van der Waals surface area contributed by atoms with Crippen LogP contribution in [0.3, 0.4) is 0 Å². The molecule has 0 bridgehead atoms. The van der Waals surface area contributed by atoms with Gasteiger partial charge in [0.25, 0.3) is 0 Å². The second-order valence-electron chi connectivity index (χ2n) is 7.71. The molecular formula is C17H23F3N2O. The fourth-order valence-corrected chi connectivity index (χ4v) is 2.88. The number of halogens is 3. The number of nitrogens with zero attached hydrogens (tertiary/aromatic N) is 1. The Kier molecular flexibility index (Phi) is 4.26. The number of carbonyl (C=O) groups excluding carboxylic acids is 1. The molecule has 0 unspecified atom stereocenters. The molecule has 0 radical (unpaired) electrons. The van der Waals surface area contributed by atoms with Gasteiger partial charge < -0.3 is 0 Å². The fraction of sp³-hybridized carbons (Fsp3) is 0.588. The molecule has 0 saturated carbocycles. The minimum atomic E-state index is -4.49. The molecule has 1 N–H and O–H groups in total. The highest BCUT2D eigenvalue weighted by molar-refractivity contribution is 5.79. The number of alkyl halides is 3. The molecule has 1 fully saturated rings. The molecule has 1 atom stereocenters. The Hall–Kier alpha value is -1.56. The van der Waals surface area contributed by atoms with Crippen molar-refractivity contribution in [3.05, 3.63) is 35.4 Å². The molecule has 0 aromatic heterocycles. The first kappa shape index (κ1) is 17.8. The summed E-state index contributed by atoms with van der Waals surface area (Å²) >= 11 is 0. The third-order valence-corrected chi connectivity index (χ3v) is 4.13. The summed E-state index contributed by atoms with van der Waals surface area (Å²) in [5, 5.41) is 1.04. The van der Waals surface area contributed by atoms with Crippen molar-refractivity contribution in [2.45, 2.75) is 64.2 Å². The molecule has 1 aromatic rings. The highest BCUT2D eigenvalue weighted by atomic mass is 19.4. The minimum absolute atomic E-state index is 0.0402. The quantitative estimate of drug-likeness (QED) is 0.886. The largest absolute Gasteiger partial charge is 0.409 e. The van der Waals surface area contributed by atoms with Gasteiger partial charge in [-0.05, 0) is 30.4 Å². The Bertz CT molecular complexity index is 603. The van der Waals surface area contributed by atoms with Crippen molar-refractivity contribution in [1.29, 1.82) is 0 Å². The van der Waals surface area contributed by atoms with E-state index in [9.17, 15) is 18.0 Å². The summed E-state index contributed by atoms with van der Waals surface area (Å²) in [6.45, 7) is 9.14. The summed E-state index contributed by atoms with van der Waals surface area (Å²) in [5.41, 5.74) is 2.19. The topological polar surface area (TPSA) is 32.3 Å². The molecule has 1 amide bonds. The number of hydrogen-bond donors (Lipinski definition) is 1. The van der Waals surface area contributed by atoms with E-state index >= 15 is 0 Å². The van der Waals surface area contributed by atoms with Gasteiger partial charge in [-0.15, -0.1) is 0 Å². The predicted octanol–water partition coefficient (Wildman–Crippen LogP) is 4.10. The number of rotatable bonds is 2. The number of amides is 1. The van der Waals surface area contributed by atoms with Crippen molar-refractivity contribution in [1.82, 2.24) is 10.4 Å². The predicted molar refractivity (Wildman–Crippen MR) is 82.6 cm³/mol. The van der Waals surface area contributed by atoms with E-state index < -0.39 is 23.7 Å². The lowest BCUT2D eigenvalue weighted by Gasteiger charge is -2.38. The minimum Gasteiger partial charge on any atom is -0.287 e. The molecule has 1 heterocycles. The van der Waals surface area contributed by atoms with Crippen LogP contribution in [-0.2, 0) is 10.2 Å². The van der Waals surface area contributed by atoms with E-state index in [0.29, 0.717) is 0 Å². The number of benzene rings is 1. The Labute approximate surface area is 134 Å². The normalized spacial score (nSPS) is 20.4. The molecular weight excluding hydrogens is 305 g/mol. The van der Waals surface area contributed by atoms with Crippen molar-refractivity contribution in [3.8, 4) is 0 Å². The van der Waals surface area contributed by atoms with Gasteiger partial charge in [0.2, 0.25) is 5.91 Å². The summed E-state index contributed by atoms with van der Waals surface area (Å²) in [5.74, 6) is -0.392. The van der Waals surface area contributed by atoms with Crippen LogP contribution in [0.5, 0.6) is 0 Å². The first-order chi connectivity index (χ1) is 10.3. The molecule has 128 valence electrons. The van der Waals surface area contributed by atoms with Gasteiger partial charge in [-0.1, -0.05) is 45.0 Å². The van der Waals surface area contributed by atoms with Crippen molar-refractivity contribution >= 4 is 5.91 Å². The van der Waals surface area contributed by atoms with E-state index in [1.54, 1.807) is 26.0 Å². The highest BCUT2D eigenvalue weighted by Gasteiger charge is 2.53. The third kappa shape index (κ3) is 3.68. The van der Waals surface area contributed by atoms with Crippen LogP contribution in [-0.4, -0.2) is 22.6 Å². The van der Waals surface area contributed by atoms with Gasteiger partial charge >= 0.3 is 6.18 Å². The SMILES string of the molecule is CC(C)(C)c1cccc([C@H](N2NC(=O)CC2(C)C)C(F)(F)F)c1. The zero-order valence-electron chi connectivity index (χ0n) is 14.1. The Morgan fingerprint density at radius 2 is 1.83 bits per heavy atom. The molecule has 1 aliphatic rings. The molecule has 0 aliphatic carbocycles. The average molecular weight is 328 g/mol. The summed E-state index contributed by atoms with van der Waals surface area (Å²) in [4.78, 5) is 11.6. The highest BCUT2D eigenvalue weighted by Crippen LogP contribution is 2.43. The monoisotopic (exact) mass is 328 g/mol. The summed E-state index contributed by atoms with van der Waals surface area (Å²) < 4.78 is 41.3. The fourth-order valence-electron chi connectivity index (χ4n) is 2.88. The lowest BCUT2D eigenvalue weighted by molar-refractivity contribution is -0.203. The molecule has 3 nitrogen and oxygen atoms in total. The van der Waals surface area contributed by atoms with Crippen LogP contribution in [0.15, 0.2) is 24.3 Å². The standard InChI is InChI=1S/C17H23F3N2O/c1-15(2,3)12-8-6-7-11(9-12)14(17(18,19)20)22-16(4,5)10-13(23)21-22/h6-9,14H,10H2,1-5H3,(H,21,23)/t14-/m0/s1. The maximum Gasteiger partial charge on any atom is 0.409 e. The Balaban J connectivity index is 2.51. The van der Waals surface area contributed by atoms with Gasteiger partial charge in [-0.2, -0.15) is 18.2 Å². The van der Waals surface area contributed by atoms with E-state index in [0.717, 1.165) is 10.6 Å². The molecule has 1 aliphatic heterocycles. The van der Waals surface area contributed by atoms with E-state index in [4.69, 9.17) is 0 Å². The van der Waals surface area contributed by atoms with Gasteiger partial charge in [-0.3, -0.25) is 10.2 Å². The molecule has 6 heteroatoms. The molecule has 1 saturated heterocycles. The van der Waals surface area contributed by atoms with Crippen LogP contribution >= 0.6 is 0 Å². The van der Waals surface area contributed by atoms with Gasteiger partial charge in [0.05, 0.1) is 0 Å². The van der Waals surface area contributed by atoms with Crippen LogP contribution in [0.1, 0.15) is 58.2 Å². The molecule has 2 rings (SSSR count). The van der Waals surface area contributed by atoms with Crippen LogP contribution < -0.4 is 5.43 Å². The Morgan fingerprint density at radius 1 is 1.22 bits per heavy atom. The van der Waals surface area contributed by atoms with Crippen molar-refractivity contribution in [2.75, 3.05) is 0 Å². The number of nitrogens with one attached hydrogen (secondary N) is 1. The summed E-state index contributed by atoms with van der Waals surface area (Å²) in [6.07, 6.45) is -4.45. The summed E-state index contributed by atoms with van der Waals surface area (Å²) in [6, 6.07) is 4.64. The maximum absolute atomic E-state index is 13.8. The van der Waals surface area contributed by atoms with Crippen LogP contribution in [0, 0.1) is 0 Å². The number of hydrazine groups is 1.